The summed E-state index contributed by atoms with van der Waals surface area (Å²) in [6.45, 7) is 7.43. The Hall–Kier alpha value is -2.37. The van der Waals surface area contributed by atoms with Gasteiger partial charge in [0, 0.05) is 24.1 Å². The van der Waals surface area contributed by atoms with Crippen molar-refractivity contribution in [3.63, 3.8) is 0 Å². The first-order chi connectivity index (χ1) is 14.5. The second-order valence-corrected chi connectivity index (χ2v) is 8.58. The van der Waals surface area contributed by atoms with E-state index in [2.05, 4.69) is 58.7 Å². The molecule has 1 saturated heterocycles. The number of nitrogens with zero attached hydrogens (tertiary/aromatic N) is 3. The maximum Gasteiger partial charge on any atom is 0.170 e. The van der Waals surface area contributed by atoms with Gasteiger partial charge >= 0.3 is 0 Å². The Bertz CT molecular complexity index is 1050. The Balaban J connectivity index is 1.83. The van der Waals surface area contributed by atoms with E-state index < -0.39 is 0 Å². The van der Waals surface area contributed by atoms with Crippen LogP contribution < -0.4 is 5.32 Å². The highest BCUT2D eigenvalue weighted by atomic mass is 35.5. The van der Waals surface area contributed by atoms with E-state index in [1.807, 2.05) is 36.5 Å². The van der Waals surface area contributed by atoms with Gasteiger partial charge in [-0.3, -0.25) is 4.98 Å². The predicted molar refractivity (Wildman–Crippen MR) is 127 cm³/mol. The first kappa shape index (κ1) is 20.9. The van der Waals surface area contributed by atoms with Crippen molar-refractivity contribution >= 4 is 28.9 Å². The van der Waals surface area contributed by atoms with Crippen LogP contribution in [-0.2, 0) is 0 Å². The van der Waals surface area contributed by atoms with Crippen LogP contribution in [0.1, 0.15) is 54.5 Å². The molecule has 2 unspecified atom stereocenters. The Labute approximate surface area is 188 Å². The van der Waals surface area contributed by atoms with Gasteiger partial charge in [0.2, 0.25) is 0 Å². The molecular formula is C24H27ClN4S. The molecule has 3 aromatic rings. The number of thiocarbonyl (C=S) groups is 1. The van der Waals surface area contributed by atoms with E-state index in [-0.39, 0.29) is 12.1 Å². The molecule has 2 atom stereocenters. The van der Waals surface area contributed by atoms with E-state index in [1.54, 1.807) is 0 Å². The number of rotatable bonds is 6. The van der Waals surface area contributed by atoms with Gasteiger partial charge in [0.25, 0.3) is 0 Å². The third kappa shape index (κ3) is 3.72. The minimum atomic E-state index is 0.00996. The SMILES string of the molecule is CCCCN1C(=S)NC(c2ccccn2)C1c1cc(C)n(-c2ccccc2Cl)c1C. The molecule has 0 radical (unpaired) electrons. The van der Waals surface area contributed by atoms with E-state index in [1.165, 1.54) is 11.3 Å². The third-order valence-corrected chi connectivity index (χ3v) is 6.50. The number of aryl methyl sites for hydroxylation is 1. The lowest BCUT2D eigenvalue weighted by Crippen LogP contribution is -2.30. The zero-order chi connectivity index (χ0) is 21.3. The average molecular weight is 439 g/mol. The lowest BCUT2D eigenvalue weighted by Gasteiger charge is -2.28. The Morgan fingerprint density at radius 2 is 1.90 bits per heavy atom. The number of benzene rings is 1. The summed E-state index contributed by atoms with van der Waals surface area (Å²) in [5, 5.41) is 5.09. The van der Waals surface area contributed by atoms with Crippen LogP contribution in [0.5, 0.6) is 0 Å². The number of pyridine rings is 1. The van der Waals surface area contributed by atoms with Gasteiger partial charge in [0.15, 0.2) is 5.11 Å². The fourth-order valence-corrected chi connectivity index (χ4v) is 4.96. The van der Waals surface area contributed by atoms with Crippen molar-refractivity contribution in [1.82, 2.24) is 19.8 Å². The molecule has 1 fully saturated rings. The molecule has 0 spiro atoms. The lowest BCUT2D eigenvalue weighted by molar-refractivity contribution is 0.312. The predicted octanol–water partition coefficient (Wildman–Crippen LogP) is 5.92. The summed E-state index contributed by atoms with van der Waals surface area (Å²) >= 11 is 12.3. The quantitative estimate of drug-likeness (QED) is 0.484. The highest BCUT2D eigenvalue weighted by Crippen LogP contribution is 2.41. The van der Waals surface area contributed by atoms with E-state index in [0.29, 0.717) is 0 Å². The zero-order valence-electron chi connectivity index (χ0n) is 17.6. The third-order valence-electron chi connectivity index (χ3n) is 5.83. The van der Waals surface area contributed by atoms with Crippen LogP contribution >= 0.6 is 23.8 Å². The van der Waals surface area contributed by atoms with Gasteiger partial charge in [0.1, 0.15) is 0 Å². The van der Waals surface area contributed by atoms with Crippen LogP contribution in [-0.4, -0.2) is 26.1 Å². The molecule has 2 aromatic heterocycles. The molecule has 1 aliphatic heterocycles. The largest absolute Gasteiger partial charge is 0.352 e. The molecule has 30 heavy (non-hydrogen) atoms. The molecule has 0 saturated carbocycles. The lowest BCUT2D eigenvalue weighted by atomic mass is 9.96. The number of hydrogen-bond acceptors (Lipinski definition) is 2. The number of aromatic nitrogens is 2. The minimum Gasteiger partial charge on any atom is -0.352 e. The van der Waals surface area contributed by atoms with Gasteiger partial charge in [-0.25, -0.2) is 0 Å². The van der Waals surface area contributed by atoms with Crippen molar-refractivity contribution in [3.8, 4) is 5.69 Å². The van der Waals surface area contributed by atoms with E-state index in [4.69, 9.17) is 23.8 Å². The van der Waals surface area contributed by atoms with E-state index in [0.717, 1.165) is 46.6 Å². The molecule has 0 amide bonds. The number of nitrogens with one attached hydrogen (secondary N) is 1. The monoisotopic (exact) mass is 438 g/mol. The van der Waals surface area contributed by atoms with Crippen molar-refractivity contribution in [2.45, 2.75) is 45.7 Å². The Morgan fingerprint density at radius 1 is 1.13 bits per heavy atom. The molecule has 1 aliphatic rings. The first-order valence-corrected chi connectivity index (χ1v) is 11.2. The summed E-state index contributed by atoms with van der Waals surface area (Å²) < 4.78 is 2.24. The average Bonchev–Trinajstić information content (AvgIpc) is 3.23. The van der Waals surface area contributed by atoms with Gasteiger partial charge in [0.05, 0.1) is 28.5 Å². The fraction of sp³-hybridized carbons (Fsp3) is 0.333. The highest BCUT2D eigenvalue weighted by Gasteiger charge is 2.41. The number of halogens is 1. The molecule has 156 valence electrons. The van der Waals surface area contributed by atoms with Crippen LogP contribution in [0.2, 0.25) is 5.02 Å². The van der Waals surface area contributed by atoms with Crippen molar-refractivity contribution in [3.05, 3.63) is 82.4 Å². The highest BCUT2D eigenvalue weighted by molar-refractivity contribution is 7.80. The number of para-hydroxylation sites is 1. The molecule has 1 N–H and O–H groups in total. The van der Waals surface area contributed by atoms with Crippen LogP contribution in [0, 0.1) is 13.8 Å². The molecule has 3 heterocycles. The minimum absolute atomic E-state index is 0.00996. The Morgan fingerprint density at radius 3 is 2.60 bits per heavy atom. The second kappa shape index (κ2) is 8.78. The summed E-state index contributed by atoms with van der Waals surface area (Å²) in [6.07, 6.45) is 4.06. The smallest absolute Gasteiger partial charge is 0.170 e. The van der Waals surface area contributed by atoms with Crippen LogP contribution in [0.25, 0.3) is 5.69 Å². The summed E-state index contributed by atoms with van der Waals surface area (Å²) in [5.74, 6) is 0. The first-order valence-electron chi connectivity index (χ1n) is 10.4. The molecule has 0 bridgehead atoms. The second-order valence-electron chi connectivity index (χ2n) is 7.79. The van der Waals surface area contributed by atoms with E-state index >= 15 is 0 Å². The van der Waals surface area contributed by atoms with Crippen molar-refractivity contribution < 1.29 is 0 Å². The molecular weight excluding hydrogens is 412 g/mol. The number of unbranched alkanes of at least 4 members (excludes halogenated alkanes) is 1. The molecule has 4 rings (SSSR count). The number of hydrogen-bond donors (Lipinski definition) is 1. The van der Waals surface area contributed by atoms with Crippen LogP contribution in [0.3, 0.4) is 0 Å². The van der Waals surface area contributed by atoms with Crippen LogP contribution in [0.15, 0.2) is 54.7 Å². The summed E-state index contributed by atoms with van der Waals surface area (Å²) in [4.78, 5) is 6.97. The van der Waals surface area contributed by atoms with Crippen molar-refractivity contribution in [2.75, 3.05) is 6.54 Å². The molecule has 1 aromatic carbocycles. The van der Waals surface area contributed by atoms with Gasteiger partial charge < -0.3 is 14.8 Å². The fourth-order valence-electron chi connectivity index (χ4n) is 4.40. The maximum atomic E-state index is 6.54. The molecule has 0 aliphatic carbocycles. The standard InChI is InChI=1S/C24H27ClN4S/c1-4-5-14-28-23(22(27-24(28)30)20-11-8-9-13-26-20)18-15-16(2)29(17(18)3)21-12-7-6-10-19(21)25/h6-13,15,22-23H,4-5,14H2,1-3H3,(H,27,30). The topological polar surface area (TPSA) is 33.1 Å². The zero-order valence-corrected chi connectivity index (χ0v) is 19.2. The molecule has 4 nitrogen and oxygen atoms in total. The molecule has 6 heteroatoms. The summed E-state index contributed by atoms with van der Waals surface area (Å²) in [7, 11) is 0. The Kier molecular flexibility index (Phi) is 6.11. The van der Waals surface area contributed by atoms with Gasteiger partial charge in [-0.1, -0.05) is 43.1 Å². The van der Waals surface area contributed by atoms with Crippen LogP contribution in [0.4, 0.5) is 0 Å². The van der Waals surface area contributed by atoms with Gasteiger partial charge in [-0.05, 0) is 68.4 Å². The summed E-state index contributed by atoms with van der Waals surface area (Å²) in [5.41, 5.74) is 5.60. The maximum absolute atomic E-state index is 6.54. The van der Waals surface area contributed by atoms with Gasteiger partial charge in [-0.15, -0.1) is 0 Å². The van der Waals surface area contributed by atoms with Gasteiger partial charge in [-0.2, -0.15) is 0 Å². The summed E-state index contributed by atoms with van der Waals surface area (Å²) in [6, 6.07) is 16.4. The van der Waals surface area contributed by atoms with Crippen molar-refractivity contribution in [2.24, 2.45) is 0 Å². The normalized spacial score (nSPS) is 18.7. The van der Waals surface area contributed by atoms with Crippen molar-refractivity contribution in [1.29, 1.82) is 0 Å². The van der Waals surface area contributed by atoms with E-state index in [9.17, 15) is 0 Å².